The summed E-state index contributed by atoms with van der Waals surface area (Å²) in [5.74, 6) is 1.09. The van der Waals surface area contributed by atoms with Gasteiger partial charge in [-0.1, -0.05) is 58.2 Å². The summed E-state index contributed by atoms with van der Waals surface area (Å²) >= 11 is -1.22. The van der Waals surface area contributed by atoms with Crippen LogP contribution in [0.15, 0.2) is 89.7 Å². The van der Waals surface area contributed by atoms with Crippen molar-refractivity contribution >= 4 is 34.5 Å². The Morgan fingerprint density at radius 2 is 1.65 bits per heavy atom. The van der Waals surface area contributed by atoms with Gasteiger partial charge in [0.25, 0.3) is 5.91 Å². The molecular weight excluding hydrogens is 657 g/mol. The van der Waals surface area contributed by atoms with Gasteiger partial charge in [-0.15, -0.1) is 0 Å². The van der Waals surface area contributed by atoms with E-state index in [1.165, 1.54) is 25.7 Å². The number of ether oxygens (including phenoxy) is 2. The van der Waals surface area contributed by atoms with E-state index in [0.717, 1.165) is 84.2 Å². The molecule has 272 valence electrons. The van der Waals surface area contributed by atoms with Gasteiger partial charge in [-0.3, -0.25) is 4.79 Å². The summed E-state index contributed by atoms with van der Waals surface area (Å²) in [5.41, 5.74) is 6.71. The van der Waals surface area contributed by atoms with Gasteiger partial charge < -0.3 is 28.8 Å². The third-order valence-corrected chi connectivity index (χ3v) is 10.6. The number of amides is 1. The van der Waals surface area contributed by atoms with Crippen molar-refractivity contribution in [2.75, 3.05) is 43.1 Å². The molecule has 0 aliphatic carbocycles. The van der Waals surface area contributed by atoms with Crippen molar-refractivity contribution in [3.8, 4) is 16.9 Å². The molecule has 9 heteroatoms. The zero-order valence-electron chi connectivity index (χ0n) is 30.6. The average Bonchev–Trinajstić information content (AvgIpc) is 3.40. The van der Waals surface area contributed by atoms with Crippen LogP contribution in [0.25, 0.3) is 17.2 Å². The number of imidazole rings is 1. The van der Waals surface area contributed by atoms with Crippen molar-refractivity contribution in [3.63, 3.8) is 0 Å². The van der Waals surface area contributed by atoms with Gasteiger partial charge in [0, 0.05) is 43.2 Å². The molecule has 4 aromatic rings. The van der Waals surface area contributed by atoms with E-state index < -0.39 is 11.2 Å². The van der Waals surface area contributed by atoms with Crippen LogP contribution in [0.3, 0.4) is 0 Å². The number of carbonyl (C=O) groups excluding carboxylic acids is 1. The van der Waals surface area contributed by atoms with E-state index in [1.807, 2.05) is 43.3 Å². The highest BCUT2D eigenvalue weighted by atomic mass is 32.2. The maximum Gasteiger partial charge on any atom is 0.251 e. The highest BCUT2D eigenvalue weighted by Crippen LogP contribution is 2.32. The molecule has 0 saturated carbocycles. The molecule has 1 atom stereocenters. The lowest BCUT2D eigenvalue weighted by atomic mass is 9.98. The Balaban J connectivity index is 1.30. The van der Waals surface area contributed by atoms with Gasteiger partial charge in [-0.2, -0.15) is 0 Å². The lowest BCUT2D eigenvalue weighted by Gasteiger charge is -2.25. The van der Waals surface area contributed by atoms with Gasteiger partial charge in [0.2, 0.25) is 0 Å². The van der Waals surface area contributed by atoms with Crippen LogP contribution >= 0.6 is 0 Å². The predicted octanol–water partition coefficient (Wildman–Crippen LogP) is 9.28. The van der Waals surface area contributed by atoms with Crippen LogP contribution in [0.5, 0.6) is 5.75 Å². The molecule has 3 aromatic carbocycles. The lowest BCUT2D eigenvalue weighted by Crippen LogP contribution is -2.24. The van der Waals surface area contributed by atoms with Crippen molar-refractivity contribution in [2.24, 2.45) is 0 Å². The summed E-state index contributed by atoms with van der Waals surface area (Å²) < 4.78 is 26.7. The quantitative estimate of drug-likeness (QED) is 0.0629. The zero-order valence-corrected chi connectivity index (χ0v) is 31.4. The molecule has 0 bridgehead atoms. The van der Waals surface area contributed by atoms with Crippen LogP contribution in [-0.2, 0) is 33.0 Å². The summed E-state index contributed by atoms with van der Waals surface area (Å²) in [6, 6.07) is 22.1. The van der Waals surface area contributed by atoms with Crippen molar-refractivity contribution in [2.45, 2.75) is 89.3 Å². The fourth-order valence-corrected chi connectivity index (χ4v) is 7.42. The molecule has 1 amide bonds. The van der Waals surface area contributed by atoms with Crippen molar-refractivity contribution in [1.29, 1.82) is 0 Å². The van der Waals surface area contributed by atoms with Gasteiger partial charge in [0.1, 0.15) is 12.4 Å². The number of nitrogens with zero attached hydrogens (tertiary/aromatic N) is 3. The van der Waals surface area contributed by atoms with Crippen LogP contribution in [0, 0.1) is 0 Å². The van der Waals surface area contributed by atoms with E-state index in [0.29, 0.717) is 36.6 Å². The number of hydrogen-bond donors (Lipinski definition) is 1. The van der Waals surface area contributed by atoms with Gasteiger partial charge in [0.05, 0.1) is 24.8 Å². The molecule has 1 aliphatic heterocycles. The number of anilines is 2. The van der Waals surface area contributed by atoms with Gasteiger partial charge in [0.15, 0.2) is 10.6 Å². The number of aryl methyl sites for hydroxylation is 1. The third kappa shape index (κ3) is 11.2. The fraction of sp³-hybridized carbons (Fsp3) is 0.429. The number of nitrogens with one attached hydrogen (secondary N) is 1. The predicted molar refractivity (Wildman–Crippen MR) is 210 cm³/mol. The normalized spacial score (nSPS) is 14.3. The fourth-order valence-electron chi connectivity index (χ4n) is 6.31. The first-order chi connectivity index (χ1) is 25.0. The number of hydrogen-bond acceptors (Lipinski definition) is 6. The van der Waals surface area contributed by atoms with Crippen molar-refractivity contribution in [3.05, 3.63) is 96.1 Å². The Morgan fingerprint density at radius 1 is 0.902 bits per heavy atom. The second-order valence-electron chi connectivity index (χ2n) is 13.1. The first-order valence-corrected chi connectivity index (χ1v) is 20.0. The van der Waals surface area contributed by atoms with E-state index in [1.54, 1.807) is 12.5 Å². The molecule has 5 rings (SSSR count). The Morgan fingerprint density at radius 3 is 2.35 bits per heavy atom. The van der Waals surface area contributed by atoms with Crippen LogP contribution in [0.2, 0.25) is 0 Å². The van der Waals surface area contributed by atoms with Crippen LogP contribution in [0.1, 0.15) is 83.4 Å². The summed E-state index contributed by atoms with van der Waals surface area (Å²) in [6.45, 7) is 11.0. The molecule has 51 heavy (non-hydrogen) atoms. The SMILES string of the molecule is CCCCOCCOc1ccc(-c2ccc(N3CCCCCC3)c(/C=C(\CC)C(=O)Nc3ccc([S@@+]([O-])Cc4cncn4CCC)cc3)c2)cc1. The van der Waals surface area contributed by atoms with E-state index in [9.17, 15) is 9.35 Å². The van der Waals surface area contributed by atoms with Gasteiger partial charge >= 0.3 is 0 Å². The summed E-state index contributed by atoms with van der Waals surface area (Å²) in [4.78, 5) is 21.1. The summed E-state index contributed by atoms with van der Waals surface area (Å²) in [6.07, 6.45) is 14.2. The molecule has 8 nitrogen and oxygen atoms in total. The molecule has 0 spiro atoms. The van der Waals surface area contributed by atoms with Crippen molar-refractivity contribution < 1.29 is 18.8 Å². The molecular formula is C42H54N4O4S. The molecule has 1 aliphatic rings. The third-order valence-electron chi connectivity index (χ3n) is 9.22. The number of aromatic nitrogens is 2. The number of unbranched alkanes of at least 4 members (excludes halogenated alkanes) is 1. The molecule has 1 aromatic heterocycles. The molecule has 1 N–H and O–H groups in total. The van der Waals surface area contributed by atoms with Gasteiger partial charge in [-0.05, 0) is 115 Å². The maximum absolute atomic E-state index is 13.7. The first-order valence-electron chi connectivity index (χ1n) is 18.7. The van der Waals surface area contributed by atoms with E-state index >= 15 is 0 Å². The van der Waals surface area contributed by atoms with Crippen LogP contribution in [-0.4, -0.2) is 52.9 Å². The number of carbonyl (C=O) groups is 1. The number of rotatable bonds is 18. The highest BCUT2D eigenvalue weighted by molar-refractivity contribution is 7.90. The largest absolute Gasteiger partial charge is 0.611 e. The molecule has 0 radical (unpaired) electrons. The van der Waals surface area contributed by atoms with E-state index in [-0.39, 0.29) is 5.91 Å². The Hall–Kier alpha value is -4.05. The minimum absolute atomic E-state index is 0.137. The van der Waals surface area contributed by atoms with Crippen LogP contribution in [0.4, 0.5) is 11.4 Å². The molecule has 1 fully saturated rings. The highest BCUT2D eigenvalue weighted by Gasteiger charge is 2.18. The Bertz CT molecular complexity index is 1680. The van der Waals surface area contributed by atoms with Crippen LogP contribution < -0.4 is 15.0 Å². The van der Waals surface area contributed by atoms with E-state index in [4.69, 9.17) is 9.47 Å². The molecule has 0 unspecified atom stereocenters. The lowest BCUT2D eigenvalue weighted by molar-refractivity contribution is -0.112. The zero-order chi connectivity index (χ0) is 35.8. The van der Waals surface area contributed by atoms with Gasteiger partial charge in [-0.25, -0.2) is 4.98 Å². The first kappa shape index (κ1) is 38.2. The standard InChI is InChI=1S/C42H54N4O4S/c1-4-7-25-49-26-27-50-39-17-12-34(13-18-39)35-14-21-41(45-23-10-8-9-11-24-45)36(29-35)28-33(6-3)42(47)44-37-15-19-40(20-16-37)51(48)31-38-30-43-32-46(38)22-5-2/h12-21,28-30,32H,4-11,22-27,31H2,1-3H3,(H,44,47)/b33-28+/t51-/m0/s1. The van der Waals surface area contributed by atoms with E-state index in [2.05, 4.69) is 70.0 Å². The molecule has 1 saturated heterocycles. The summed E-state index contributed by atoms with van der Waals surface area (Å²) in [7, 11) is 0. The smallest absolute Gasteiger partial charge is 0.251 e. The summed E-state index contributed by atoms with van der Waals surface area (Å²) in [5, 5.41) is 3.09. The Labute approximate surface area is 307 Å². The monoisotopic (exact) mass is 710 g/mol. The minimum Gasteiger partial charge on any atom is -0.611 e. The second-order valence-corrected chi connectivity index (χ2v) is 14.5. The van der Waals surface area contributed by atoms with Crippen molar-refractivity contribution in [1.82, 2.24) is 9.55 Å². The average molecular weight is 711 g/mol. The second kappa shape index (κ2) is 20.1. The minimum atomic E-state index is -1.22. The number of benzene rings is 3. The molecule has 2 heterocycles. The topological polar surface area (TPSA) is 91.7 Å². The maximum atomic E-state index is 13.7. The Kier molecular flexibility index (Phi) is 15.1.